The second-order valence-electron chi connectivity index (χ2n) is 11.9. The lowest BCUT2D eigenvalue weighted by molar-refractivity contribution is -0.164. The maximum Gasteiger partial charge on any atom is 0.313 e. The highest BCUT2D eigenvalue weighted by molar-refractivity contribution is 5.99. The quantitative estimate of drug-likeness (QED) is 0.393. The van der Waals surface area contributed by atoms with Gasteiger partial charge in [-0.15, -0.1) is 5.10 Å². The van der Waals surface area contributed by atoms with Crippen LogP contribution in [0.5, 0.6) is 0 Å². The molecule has 11 heteroatoms. The number of hydrogen-bond acceptors (Lipinski definition) is 8. The molecular formula is C31H39N5O6. The molecular weight excluding hydrogens is 538 g/mol. The number of carbonyl (C=O) groups is 3. The predicted octanol–water partition coefficient (Wildman–Crippen LogP) is 2.45. The molecule has 4 aliphatic heterocycles. The maximum atomic E-state index is 14.7. The summed E-state index contributed by atoms with van der Waals surface area (Å²) >= 11 is 0. The SMILES string of the molecule is CC[C@H](C)[C@H](CO)N1C(=O)[C@@H]2[C@H]3C(=O)OCCC/C=C\[C@@]3(CC)O[C@@]23C=CCN(Cn2nnc4ccccc42)C(=O)C13. The number of amides is 2. The van der Waals surface area contributed by atoms with Crippen LogP contribution < -0.4 is 0 Å². The van der Waals surface area contributed by atoms with Crippen molar-refractivity contribution in [1.82, 2.24) is 24.8 Å². The first-order valence-electron chi connectivity index (χ1n) is 15.0. The second-order valence-corrected chi connectivity index (χ2v) is 11.9. The molecule has 2 saturated heterocycles. The monoisotopic (exact) mass is 577 g/mol. The number of allylic oxidation sites excluding steroid dienone is 1. The number of nitrogens with zero attached hydrogens (tertiary/aromatic N) is 5. The first-order valence-corrected chi connectivity index (χ1v) is 15.0. The normalized spacial score (nSPS) is 33.2. The van der Waals surface area contributed by atoms with E-state index in [1.54, 1.807) is 9.58 Å². The van der Waals surface area contributed by atoms with Gasteiger partial charge in [-0.2, -0.15) is 0 Å². The number of benzene rings is 1. The van der Waals surface area contributed by atoms with Crippen molar-refractivity contribution in [2.75, 3.05) is 19.8 Å². The first kappa shape index (κ1) is 28.5. The van der Waals surface area contributed by atoms with E-state index in [1.165, 1.54) is 4.90 Å². The third-order valence-electron chi connectivity index (χ3n) is 9.72. The van der Waals surface area contributed by atoms with Gasteiger partial charge >= 0.3 is 5.97 Å². The van der Waals surface area contributed by atoms with Crippen LogP contribution in [0.3, 0.4) is 0 Å². The molecule has 6 rings (SSSR count). The van der Waals surface area contributed by atoms with Gasteiger partial charge in [-0.05, 0) is 37.3 Å². The third kappa shape index (κ3) is 4.19. The zero-order valence-electron chi connectivity index (χ0n) is 24.4. The zero-order chi connectivity index (χ0) is 29.6. The molecule has 0 saturated carbocycles. The molecule has 1 aromatic heterocycles. The van der Waals surface area contributed by atoms with Crippen molar-refractivity contribution < 1.29 is 29.0 Å². The molecule has 11 nitrogen and oxygen atoms in total. The molecule has 1 spiro atoms. The number of likely N-dealkylation sites (tertiary alicyclic amines) is 1. The van der Waals surface area contributed by atoms with E-state index in [9.17, 15) is 19.5 Å². The highest BCUT2D eigenvalue weighted by Crippen LogP contribution is 2.58. The lowest BCUT2D eigenvalue weighted by Gasteiger charge is -2.42. The Balaban J connectivity index is 1.48. The molecule has 2 aromatic rings. The third-order valence-corrected chi connectivity index (χ3v) is 9.72. The number of aliphatic hydroxyl groups is 1. The summed E-state index contributed by atoms with van der Waals surface area (Å²) in [5.41, 5.74) is -1.04. The summed E-state index contributed by atoms with van der Waals surface area (Å²) in [6, 6.07) is 5.79. The second kappa shape index (κ2) is 10.9. The van der Waals surface area contributed by atoms with E-state index in [2.05, 4.69) is 10.3 Å². The summed E-state index contributed by atoms with van der Waals surface area (Å²) in [4.78, 5) is 46.2. The van der Waals surface area contributed by atoms with Gasteiger partial charge in [0.1, 0.15) is 35.3 Å². The van der Waals surface area contributed by atoms with Crippen LogP contribution in [0.15, 0.2) is 48.6 Å². The summed E-state index contributed by atoms with van der Waals surface area (Å²) in [5.74, 6) is -3.20. The van der Waals surface area contributed by atoms with Crippen LogP contribution >= 0.6 is 0 Å². The Bertz CT molecular complexity index is 1440. The highest BCUT2D eigenvalue weighted by atomic mass is 16.6. The van der Waals surface area contributed by atoms with Gasteiger partial charge in [0.15, 0.2) is 0 Å². The van der Waals surface area contributed by atoms with Gasteiger partial charge in [0.25, 0.3) is 5.91 Å². The Hall–Kier alpha value is -3.57. The summed E-state index contributed by atoms with van der Waals surface area (Å²) < 4.78 is 14.4. The largest absolute Gasteiger partial charge is 0.465 e. The fourth-order valence-electron chi connectivity index (χ4n) is 7.34. The minimum absolute atomic E-state index is 0.106. The summed E-state index contributed by atoms with van der Waals surface area (Å²) in [6.07, 6.45) is 10.1. The molecule has 1 unspecified atom stereocenters. The van der Waals surface area contributed by atoms with Crippen molar-refractivity contribution in [3.8, 4) is 0 Å². The fraction of sp³-hybridized carbons (Fsp3) is 0.581. The molecule has 1 N–H and O–H groups in total. The highest BCUT2D eigenvalue weighted by Gasteiger charge is 2.76. The molecule has 0 radical (unpaired) electrons. The molecule has 224 valence electrons. The smallest absolute Gasteiger partial charge is 0.313 e. The summed E-state index contributed by atoms with van der Waals surface area (Å²) in [6.45, 7) is 6.16. The van der Waals surface area contributed by atoms with Crippen molar-refractivity contribution >= 4 is 28.8 Å². The summed E-state index contributed by atoms with van der Waals surface area (Å²) in [7, 11) is 0. The van der Waals surface area contributed by atoms with Gasteiger partial charge in [-0.3, -0.25) is 14.4 Å². The van der Waals surface area contributed by atoms with E-state index < -0.39 is 41.1 Å². The molecule has 0 aliphatic carbocycles. The van der Waals surface area contributed by atoms with Crippen molar-refractivity contribution in [2.24, 2.45) is 17.8 Å². The fourth-order valence-corrected chi connectivity index (χ4v) is 7.34. The van der Waals surface area contributed by atoms with E-state index >= 15 is 0 Å². The predicted molar refractivity (Wildman–Crippen MR) is 152 cm³/mol. The molecule has 1 aromatic carbocycles. The van der Waals surface area contributed by atoms with Crippen molar-refractivity contribution in [3.63, 3.8) is 0 Å². The lowest BCUT2D eigenvalue weighted by Crippen LogP contribution is -2.60. The number of esters is 1. The number of rotatable bonds is 7. The number of fused-ring (bicyclic) bond motifs is 3. The Labute approximate surface area is 245 Å². The van der Waals surface area contributed by atoms with Crippen LogP contribution in [0, 0.1) is 17.8 Å². The van der Waals surface area contributed by atoms with Crippen LogP contribution in [0.1, 0.15) is 46.5 Å². The van der Waals surface area contributed by atoms with Gasteiger partial charge in [0, 0.05) is 6.54 Å². The number of para-hydroxylation sites is 1. The Morgan fingerprint density at radius 3 is 2.67 bits per heavy atom. The van der Waals surface area contributed by atoms with E-state index in [0.717, 1.165) is 5.52 Å². The minimum atomic E-state index is -1.42. The van der Waals surface area contributed by atoms with Crippen molar-refractivity contribution in [2.45, 2.75) is 76.4 Å². The number of aromatic nitrogens is 3. The zero-order valence-corrected chi connectivity index (χ0v) is 24.4. The number of cyclic esters (lactones) is 1. The molecule has 5 heterocycles. The average Bonchev–Trinajstić information content (AvgIpc) is 3.59. The van der Waals surface area contributed by atoms with E-state index in [0.29, 0.717) is 31.2 Å². The van der Waals surface area contributed by atoms with Crippen LogP contribution in [0.2, 0.25) is 0 Å². The number of carbonyl (C=O) groups excluding carboxylic acids is 3. The average molecular weight is 578 g/mol. The van der Waals surface area contributed by atoms with Gasteiger partial charge < -0.3 is 24.4 Å². The Morgan fingerprint density at radius 1 is 1.10 bits per heavy atom. The van der Waals surface area contributed by atoms with Crippen molar-refractivity contribution in [3.05, 3.63) is 48.6 Å². The number of hydrogen-bond donors (Lipinski definition) is 1. The van der Waals surface area contributed by atoms with Crippen LogP contribution in [0.4, 0.5) is 0 Å². The number of aliphatic hydroxyl groups excluding tert-OH is 1. The van der Waals surface area contributed by atoms with Crippen LogP contribution in [-0.2, 0) is 30.5 Å². The number of ether oxygens (including phenoxy) is 2. The van der Waals surface area contributed by atoms with E-state index in [4.69, 9.17) is 9.47 Å². The van der Waals surface area contributed by atoms with Crippen LogP contribution in [0.25, 0.3) is 11.0 Å². The van der Waals surface area contributed by atoms with Gasteiger partial charge in [-0.25, -0.2) is 4.68 Å². The van der Waals surface area contributed by atoms with E-state index in [1.807, 2.05) is 69.3 Å². The van der Waals surface area contributed by atoms with Gasteiger partial charge in [-0.1, -0.05) is 68.8 Å². The molecule has 7 atom stereocenters. The molecule has 4 aliphatic rings. The van der Waals surface area contributed by atoms with Gasteiger partial charge in [0.05, 0.1) is 30.7 Å². The van der Waals surface area contributed by atoms with E-state index in [-0.39, 0.29) is 44.2 Å². The van der Waals surface area contributed by atoms with Gasteiger partial charge in [0.2, 0.25) is 5.91 Å². The Morgan fingerprint density at radius 2 is 1.90 bits per heavy atom. The minimum Gasteiger partial charge on any atom is -0.465 e. The Kier molecular flexibility index (Phi) is 7.43. The van der Waals surface area contributed by atoms with Crippen LogP contribution in [-0.4, -0.2) is 90.7 Å². The van der Waals surface area contributed by atoms with Crippen molar-refractivity contribution in [1.29, 1.82) is 0 Å². The first-order chi connectivity index (χ1) is 20.3. The standard InChI is InChI=1S/C31H39N5O6/c1-4-20(3)23(18-37)36-26-28(39)34(19-35-22-13-8-7-12-21(22)32-33-35)16-11-15-31(26)24(27(36)38)25-29(40)41-17-10-6-9-14-30(25,5-2)42-31/h7-9,11-15,20,23-26,37H,4-6,10,16-19H2,1-3H3/b14-9-/t20-,23-,24-,25-,26?,30+,31-/m0/s1. The molecule has 42 heavy (non-hydrogen) atoms. The molecule has 2 amide bonds. The lowest BCUT2D eigenvalue weighted by atomic mass is 9.73. The molecule has 2 fully saturated rings. The topological polar surface area (TPSA) is 127 Å². The molecule has 0 bridgehead atoms. The summed E-state index contributed by atoms with van der Waals surface area (Å²) in [5, 5.41) is 19.1. The maximum absolute atomic E-state index is 14.7.